The normalized spacial score (nSPS) is 25.3. The van der Waals surface area contributed by atoms with Gasteiger partial charge in [-0.15, -0.1) is 0 Å². The van der Waals surface area contributed by atoms with Crippen LogP contribution in [-0.4, -0.2) is 38.4 Å². The molecule has 0 aliphatic carbocycles. The summed E-state index contributed by atoms with van der Waals surface area (Å²) in [5, 5.41) is 3.11. The Kier molecular flexibility index (Phi) is 3.33. The highest BCUT2D eigenvalue weighted by molar-refractivity contribution is 6.01. The summed E-state index contributed by atoms with van der Waals surface area (Å²) in [4.78, 5) is 12.3. The fraction of sp³-hybridized carbons (Fsp3) is 0.417. The van der Waals surface area contributed by atoms with E-state index >= 15 is 0 Å². The molecule has 1 fully saturated rings. The molecule has 4 nitrogen and oxygen atoms in total. The largest absolute Gasteiger partial charge is 0.346 e. The van der Waals surface area contributed by atoms with Crippen molar-refractivity contribution in [3.05, 3.63) is 35.9 Å². The summed E-state index contributed by atoms with van der Waals surface area (Å²) in [6.07, 6.45) is 0. The highest BCUT2D eigenvalue weighted by atomic mass is 16.7. The number of hydrogen-bond acceptors (Lipinski definition) is 4. The standard InChI is InChI=1S/C12H15NO3/c1-15-12(9-13-7-8-16-12)11(14)10-5-3-2-4-6-10/h2-6,13H,7-9H2,1H3. The minimum absolute atomic E-state index is 0.136. The van der Waals surface area contributed by atoms with Gasteiger partial charge in [0.25, 0.3) is 0 Å². The zero-order valence-corrected chi connectivity index (χ0v) is 9.23. The summed E-state index contributed by atoms with van der Waals surface area (Å²) >= 11 is 0. The molecular weight excluding hydrogens is 206 g/mol. The molecule has 0 radical (unpaired) electrons. The monoisotopic (exact) mass is 221 g/mol. The van der Waals surface area contributed by atoms with Crippen LogP contribution in [0.25, 0.3) is 0 Å². The number of carbonyl (C=O) groups is 1. The first kappa shape index (κ1) is 11.3. The predicted molar refractivity (Wildman–Crippen MR) is 59.3 cm³/mol. The molecule has 1 atom stereocenters. The number of ether oxygens (including phenoxy) is 2. The van der Waals surface area contributed by atoms with Crippen LogP contribution in [-0.2, 0) is 9.47 Å². The molecule has 16 heavy (non-hydrogen) atoms. The summed E-state index contributed by atoms with van der Waals surface area (Å²) in [6, 6.07) is 9.05. The number of hydrogen-bond donors (Lipinski definition) is 1. The average molecular weight is 221 g/mol. The smallest absolute Gasteiger partial charge is 0.246 e. The Bertz CT molecular complexity index is 358. The molecule has 0 aromatic heterocycles. The SMILES string of the molecule is COC1(C(=O)c2ccccc2)CNCCO1. The third-order valence-electron chi connectivity index (χ3n) is 2.68. The first-order valence-corrected chi connectivity index (χ1v) is 5.28. The Labute approximate surface area is 94.6 Å². The highest BCUT2D eigenvalue weighted by Crippen LogP contribution is 2.20. The summed E-state index contributed by atoms with van der Waals surface area (Å²) < 4.78 is 10.8. The second-order valence-electron chi connectivity index (χ2n) is 3.68. The van der Waals surface area contributed by atoms with E-state index < -0.39 is 5.79 Å². The van der Waals surface area contributed by atoms with Crippen molar-refractivity contribution in [2.24, 2.45) is 0 Å². The zero-order chi connectivity index (χ0) is 11.4. The second kappa shape index (κ2) is 4.74. The number of methoxy groups -OCH3 is 1. The van der Waals surface area contributed by atoms with Crippen LogP contribution in [0.15, 0.2) is 30.3 Å². The number of ketones is 1. The van der Waals surface area contributed by atoms with Crippen LogP contribution in [0.1, 0.15) is 10.4 Å². The Morgan fingerprint density at radius 3 is 2.75 bits per heavy atom. The van der Waals surface area contributed by atoms with Crippen LogP contribution >= 0.6 is 0 Å². The van der Waals surface area contributed by atoms with Crippen molar-refractivity contribution in [2.45, 2.75) is 5.79 Å². The number of carbonyl (C=O) groups excluding carboxylic acids is 1. The third kappa shape index (κ3) is 2.00. The van der Waals surface area contributed by atoms with Crippen molar-refractivity contribution >= 4 is 5.78 Å². The number of morpholine rings is 1. The third-order valence-corrected chi connectivity index (χ3v) is 2.68. The molecule has 1 aromatic rings. The van der Waals surface area contributed by atoms with Gasteiger partial charge in [-0.25, -0.2) is 0 Å². The lowest BCUT2D eigenvalue weighted by molar-refractivity contribution is -0.195. The van der Waals surface area contributed by atoms with Gasteiger partial charge in [0.1, 0.15) is 0 Å². The molecule has 1 unspecified atom stereocenters. The van der Waals surface area contributed by atoms with Crippen LogP contribution < -0.4 is 5.32 Å². The Morgan fingerprint density at radius 1 is 1.44 bits per heavy atom. The van der Waals surface area contributed by atoms with E-state index in [1.54, 1.807) is 12.1 Å². The second-order valence-corrected chi connectivity index (χ2v) is 3.68. The molecule has 4 heteroatoms. The van der Waals surface area contributed by atoms with Gasteiger partial charge in [0.05, 0.1) is 13.2 Å². The molecule has 1 N–H and O–H groups in total. The van der Waals surface area contributed by atoms with Crippen LogP contribution in [0.2, 0.25) is 0 Å². The van der Waals surface area contributed by atoms with E-state index in [4.69, 9.17) is 9.47 Å². The van der Waals surface area contributed by atoms with Gasteiger partial charge in [-0.3, -0.25) is 4.79 Å². The molecular formula is C12H15NO3. The molecule has 0 bridgehead atoms. The number of rotatable bonds is 3. The van der Waals surface area contributed by atoms with Gasteiger partial charge in [-0.2, -0.15) is 0 Å². The van der Waals surface area contributed by atoms with Gasteiger partial charge in [0.15, 0.2) is 0 Å². The van der Waals surface area contributed by atoms with Crippen molar-refractivity contribution in [1.82, 2.24) is 5.32 Å². The first-order chi connectivity index (χ1) is 7.78. The van der Waals surface area contributed by atoms with Crippen LogP contribution in [0, 0.1) is 0 Å². The fourth-order valence-electron chi connectivity index (χ4n) is 1.77. The molecule has 1 aliphatic rings. The lowest BCUT2D eigenvalue weighted by atomic mass is 10.0. The van der Waals surface area contributed by atoms with E-state index in [0.29, 0.717) is 18.7 Å². The van der Waals surface area contributed by atoms with Gasteiger partial charge in [0, 0.05) is 19.2 Å². The molecule has 1 aromatic carbocycles. The maximum Gasteiger partial charge on any atom is 0.246 e. The summed E-state index contributed by atoms with van der Waals surface area (Å²) in [7, 11) is 1.49. The van der Waals surface area contributed by atoms with Crippen molar-refractivity contribution in [3.63, 3.8) is 0 Å². The number of Topliss-reactive ketones (excluding diaryl/α,β-unsaturated/α-hetero) is 1. The molecule has 1 aliphatic heterocycles. The van der Waals surface area contributed by atoms with E-state index in [2.05, 4.69) is 5.32 Å². The quantitative estimate of drug-likeness (QED) is 0.768. The van der Waals surface area contributed by atoms with E-state index in [1.807, 2.05) is 18.2 Å². The summed E-state index contributed by atoms with van der Waals surface area (Å²) in [5.41, 5.74) is 0.605. The van der Waals surface area contributed by atoms with Crippen molar-refractivity contribution in [3.8, 4) is 0 Å². The minimum atomic E-state index is -1.17. The Hall–Kier alpha value is -1.23. The van der Waals surface area contributed by atoms with Crippen molar-refractivity contribution < 1.29 is 14.3 Å². The van der Waals surface area contributed by atoms with Gasteiger partial charge >= 0.3 is 0 Å². The molecule has 1 heterocycles. The van der Waals surface area contributed by atoms with E-state index in [-0.39, 0.29) is 5.78 Å². The summed E-state index contributed by atoms with van der Waals surface area (Å²) in [6.45, 7) is 1.61. The minimum Gasteiger partial charge on any atom is -0.346 e. The molecule has 0 spiro atoms. The first-order valence-electron chi connectivity index (χ1n) is 5.28. The van der Waals surface area contributed by atoms with E-state index in [9.17, 15) is 4.79 Å². The zero-order valence-electron chi connectivity index (χ0n) is 9.23. The molecule has 2 rings (SSSR count). The summed E-state index contributed by atoms with van der Waals surface area (Å²) in [5.74, 6) is -1.30. The van der Waals surface area contributed by atoms with E-state index in [0.717, 1.165) is 6.54 Å². The molecule has 0 saturated carbocycles. The van der Waals surface area contributed by atoms with Crippen molar-refractivity contribution in [2.75, 3.05) is 26.8 Å². The fourth-order valence-corrected chi connectivity index (χ4v) is 1.77. The van der Waals surface area contributed by atoms with Gasteiger partial charge in [-0.05, 0) is 0 Å². The van der Waals surface area contributed by atoms with Crippen molar-refractivity contribution in [1.29, 1.82) is 0 Å². The lowest BCUT2D eigenvalue weighted by Crippen LogP contribution is -2.56. The van der Waals surface area contributed by atoms with Crippen LogP contribution in [0.5, 0.6) is 0 Å². The molecule has 86 valence electrons. The predicted octanol–water partition coefficient (Wildman–Crippen LogP) is 0.832. The number of benzene rings is 1. The molecule has 0 amide bonds. The van der Waals surface area contributed by atoms with Gasteiger partial charge in [-0.1, -0.05) is 30.3 Å². The number of nitrogens with one attached hydrogen (secondary N) is 1. The van der Waals surface area contributed by atoms with E-state index in [1.165, 1.54) is 7.11 Å². The Morgan fingerprint density at radius 2 is 2.19 bits per heavy atom. The van der Waals surface area contributed by atoms with Crippen LogP contribution in [0.4, 0.5) is 0 Å². The highest BCUT2D eigenvalue weighted by Gasteiger charge is 2.41. The lowest BCUT2D eigenvalue weighted by Gasteiger charge is -2.34. The van der Waals surface area contributed by atoms with Crippen LogP contribution in [0.3, 0.4) is 0 Å². The maximum atomic E-state index is 12.3. The maximum absolute atomic E-state index is 12.3. The average Bonchev–Trinajstić information content (AvgIpc) is 2.39. The Balaban J connectivity index is 2.24. The molecule has 1 saturated heterocycles. The van der Waals surface area contributed by atoms with Gasteiger partial charge < -0.3 is 14.8 Å². The topological polar surface area (TPSA) is 47.6 Å². The van der Waals surface area contributed by atoms with Gasteiger partial charge in [0.2, 0.25) is 11.6 Å².